The molecule has 298 valence electrons. The van der Waals surface area contributed by atoms with Crippen LogP contribution in [0.5, 0.6) is 0 Å². The predicted octanol–water partition coefficient (Wildman–Crippen LogP) is 17.2. The van der Waals surface area contributed by atoms with E-state index in [1.165, 1.54) is 76.8 Å². The van der Waals surface area contributed by atoms with E-state index in [9.17, 15) is 0 Å². The lowest BCUT2D eigenvalue weighted by Gasteiger charge is -2.26. The van der Waals surface area contributed by atoms with E-state index < -0.39 is 0 Å². The molecule has 0 aliphatic heterocycles. The Kier molecular flexibility index (Phi) is 8.55. The quantitative estimate of drug-likeness (QED) is 0.141. The zero-order valence-electron chi connectivity index (χ0n) is 35.3. The molecule has 2 heteroatoms. The smallest absolute Gasteiger partial charge is 0.0462 e. The minimum absolute atomic E-state index is 0.127. The Balaban J connectivity index is 1.07. The molecule has 11 aromatic carbocycles. The Morgan fingerprint density at radius 3 is 1.17 bits per heavy atom. The summed E-state index contributed by atoms with van der Waals surface area (Å²) in [5.74, 6) is 0. The van der Waals surface area contributed by atoms with Gasteiger partial charge in [0.1, 0.15) is 0 Å². The summed E-state index contributed by atoms with van der Waals surface area (Å²) in [4.78, 5) is 4.66. The first-order chi connectivity index (χ1) is 31.0. The SMILES string of the molecule is CC1(C)c2ccccc2-c2cc3ccc4c(-c5ccc(N(c6ccccc6)c6ccccc6)cc5)cc(-c5ccc(N(c6ccccc6)c6ccccc6)cc5)c5ccc(c21)c3c45. The highest BCUT2D eigenvalue weighted by molar-refractivity contribution is 6.29. The van der Waals surface area contributed by atoms with Crippen LogP contribution in [-0.2, 0) is 5.41 Å². The van der Waals surface area contributed by atoms with Gasteiger partial charge in [-0.15, -0.1) is 0 Å². The second-order valence-electron chi connectivity index (χ2n) is 17.3. The van der Waals surface area contributed by atoms with Crippen LogP contribution in [0.15, 0.2) is 231 Å². The monoisotopic (exact) mass is 804 g/mol. The summed E-state index contributed by atoms with van der Waals surface area (Å²) in [5, 5.41) is 7.84. The van der Waals surface area contributed by atoms with Crippen LogP contribution in [0, 0.1) is 0 Å². The summed E-state index contributed by atoms with van der Waals surface area (Å²) < 4.78 is 0. The predicted molar refractivity (Wildman–Crippen MR) is 268 cm³/mol. The fraction of sp³-hybridized carbons (Fsp3) is 0.0492. The Bertz CT molecular complexity index is 3210. The maximum absolute atomic E-state index is 2.46. The molecular weight excluding hydrogens is 761 g/mol. The van der Waals surface area contributed by atoms with Gasteiger partial charge < -0.3 is 9.80 Å². The molecule has 63 heavy (non-hydrogen) atoms. The third kappa shape index (κ3) is 5.94. The summed E-state index contributed by atoms with van der Waals surface area (Å²) >= 11 is 0. The van der Waals surface area contributed by atoms with Crippen molar-refractivity contribution in [3.8, 4) is 33.4 Å². The molecule has 12 rings (SSSR count). The zero-order valence-corrected chi connectivity index (χ0v) is 35.3. The molecule has 1 aliphatic carbocycles. The van der Waals surface area contributed by atoms with Crippen LogP contribution in [-0.4, -0.2) is 0 Å². The second kappa shape index (κ2) is 14.6. The first-order valence-electron chi connectivity index (χ1n) is 21.9. The van der Waals surface area contributed by atoms with Gasteiger partial charge in [-0.25, -0.2) is 0 Å². The molecule has 0 spiro atoms. The molecule has 0 bridgehead atoms. The molecular formula is C61H44N2. The van der Waals surface area contributed by atoms with Gasteiger partial charge in [-0.1, -0.05) is 159 Å². The average Bonchev–Trinajstić information content (AvgIpc) is 3.58. The van der Waals surface area contributed by atoms with Gasteiger partial charge in [0.15, 0.2) is 0 Å². The highest BCUT2D eigenvalue weighted by Crippen LogP contribution is 2.55. The van der Waals surface area contributed by atoms with Crippen molar-refractivity contribution in [1.29, 1.82) is 0 Å². The first-order valence-corrected chi connectivity index (χ1v) is 21.9. The van der Waals surface area contributed by atoms with E-state index in [1.807, 2.05) is 0 Å². The number of rotatable bonds is 8. The topological polar surface area (TPSA) is 6.48 Å². The van der Waals surface area contributed by atoms with Crippen LogP contribution >= 0.6 is 0 Å². The van der Waals surface area contributed by atoms with Gasteiger partial charge >= 0.3 is 0 Å². The van der Waals surface area contributed by atoms with Crippen molar-refractivity contribution in [2.24, 2.45) is 0 Å². The van der Waals surface area contributed by atoms with Crippen molar-refractivity contribution in [3.05, 3.63) is 242 Å². The van der Waals surface area contributed by atoms with Gasteiger partial charge in [-0.05, 0) is 162 Å². The fourth-order valence-corrected chi connectivity index (χ4v) is 10.5. The van der Waals surface area contributed by atoms with E-state index in [1.54, 1.807) is 0 Å². The Morgan fingerprint density at radius 2 is 0.698 bits per heavy atom. The molecule has 2 nitrogen and oxygen atoms in total. The molecule has 11 aromatic rings. The minimum atomic E-state index is -0.127. The van der Waals surface area contributed by atoms with Crippen molar-refractivity contribution >= 4 is 66.4 Å². The van der Waals surface area contributed by atoms with Crippen LogP contribution in [0.1, 0.15) is 25.0 Å². The van der Waals surface area contributed by atoms with Crippen molar-refractivity contribution in [2.75, 3.05) is 9.80 Å². The number of benzene rings is 11. The summed E-state index contributed by atoms with van der Waals surface area (Å²) in [6.45, 7) is 4.80. The van der Waals surface area contributed by atoms with Crippen molar-refractivity contribution in [3.63, 3.8) is 0 Å². The number of para-hydroxylation sites is 4. The van der Waals surface area contributed by atoms with Crippen LogP contribution in [0.3, 0.4) is 0 Å². The van der Waals surface area contributed by atoms with E-state index in [2.05, 4.69) is 254 Å². The number of fused-ring (bicyclic) bond motifs is 4. The summed E-state index contributed by atoms with van der Waals surface area (Å²) in [7, 11) is 0. The molecule has 0 heterocycles. The van der Waals surface area contributed by atoms with Crippen molar-refractivity contribution < 1.29 is 0 Å². The van der Waals surface area contributed by atoms with Crippen LogP contribution in [0.4, 0.5) is 34.1 Å². The number of hydrogen-bond donors (Lipinski definition) is 0. The van der Waals surface area contributed by atoms with E-state index in [-0.39, 0.29) is 5.41 Å². The van der Waals surface area contributed by atoms with Crippen molar-refractivity contribution in [1.82, 2.24) is 0 Å². The molecule has 0 unspecified atom stereocenters. The second-order valence-corrected chi connectivity index (χ2v) is 17.3. The van der Waals surface area contributed by atoms with E-state index in [0.717, 1.165) is 34.1 Å². The maximum atomic E-state index is 2.46. The molecule has 0 fully saturated rings. The normalized spacial score (nSPS) is 12.7. The molecule has 0 N–H and O–H groups in total. The standard InChI is InChI=1S/C61H44N2/c1-61(2)57-26-16-15-25-50(57)56-39-43-31-36-51-54(41-27-32-48(33-28-41)62(44-17-7-3-8-18-44)45-19-9-4-10-20-45)40-55(52-37-38-53(60(56)61)58(43)59(51)52)42-29-34-49(35-30-42)63(46-21-11-5-12-22-46)47-23-13-6-14-24-47/h3-40H,1-2H3. The molecule has 0 saturated heterocycles. The van der Waals surface area contributed by atoms with Gasteiger partial charge in [0.05, 0.1) is 0 Å². The summed E-state index contributed by atoms with van der Waals surface area (Å²) in [5.41, 5.74) is 17.0. The number of hydrogen-bond acceptors (Lipinski definition) is 2. The average molecular weight is 805 g/mol. The Labute approximate surface area is 368 Å². The lowest BCUT2D eigenvalue weighted by atomic mass is 9.78. The van der Waals surface area contributed by atoms with Gasteiger partial charge in [0, 0.05) is 39.5 Å². The van der Waals surface area contributed by atoms with Crippen LogP contribution in [0.2, 0.25) is 0 Å². The van der Waals surface area contributed by atoms with E-state index in [4.69, 9.17) is 0 Å². The van der Waals surface area contributed by atoms with Gasteiger partial charge in [0.2, 0.25) is 0 Å². The zero-order chi connectivity index (χ0) is 42.1. The minimum Gasteiger partial charge on any atom is -0.311 e. The highest BCUT2D eigenvalue weighted by atomic mass is 15.1. The fourth-order valence-electron chi connectivity index (χ4n) is 10.5. The third-order valence-electron chi connectivity index (χ3n) is 13.3. The molecule has 0 amide bonds. The Morgan fingerprint density at radius 1 is 0.302 bits per heavy atom. The summed E-state index contributed by atoms with van der Waals surface area (Å²) in [6.07, 6.45) is 0. The number of anilines is 6. The molecule has 0 aromatic heterocycles. The van der Waals surface area contributed by atoms with E-state index >= 15 is 0 Å². The lowest BCUT2D eigenvalue weighted by molar-refractivity contribution is 0.666. The van der Waals surface area contributed by atoms with Gasteiger partial charge in [-0.3, -0.25) is 0 Å². The Hall–Kier alpha value is -7.94. The van der Waals surface area contributed by atoms with Gasteiger partial charge in [0.25, 0.3) is 0 Å². The largest absolute Gasteiger partial charge is 0.311 e. The van der Waals surface area contributed by atoms with Crippen LogP contribution in [0.25, 0.3) is 65.7 Å². The molecule has 1 aliphatic rings. The van der Waals surface area contributed by atoms with Crippen LogP contribution < -0.4 is 9.80 Å². The highest BCUT2D eigenvalue weighted by Gasteiger charge is 2.37. The van der Waals surface area contributed by atoms with E-state index in [0.29, 0.717) is 0 Å². The molecule has 0 saturated carbocycles. The van der Waals surface area contributed by atoms with Crippen molar-refractivity contribution in [2.45, 2.75) is 19.3 Å². The lowest BCUT2D eigenvalue weighted by Crippen LogP contribution is -2.15. The number of nitrogens with zero attached hydrogens (tertiary/aromatic N) is 2. The third-order valence-corrected chi connectivity index (χ3v) is 13.3. The molecule has 0 atom stereocenters. The first kappa shape index (κ1) is 36.9. The van der Waals surface area contributed by atoms with Gasteiger partial charge in [-0.2, -0.15) is 0 Å². The molecule has 0 radical (unpaired) electrons. The summed E-state index contributed by atoms with van der Waals surface area (Å²) in [6, 6.07) is 84.3. The maximum Gasteiger partial charge on any atom is 0.0462 e.